The van der Waals surface area contributed by atoms with Crippen LogP contribution in [-0.2, 0) is 9.84 Å². The molecule has 0 bridgehead atoms. The number of allylic oxidation sites excluding steroid dienone is 1. The second kappa shape index (κ2) is 7.09. The van der Waals surface area contributed by atoms with Gasteiger partial charge in [0, 0.05) is 20.3 Å². The van der Waals surface area contributed by atoms with Crippen LogP contribution in [0.1, 0.15) is 5.56 Å². The van der Waals surface area contributed by atoms with Gasteiger partial charge in [-0.25, -0.2) is 8.42 Å². The molecule has 4 heteroatoms. The Morgan fingerprint density at radius 3 is 2.00 bits per heavy atom. The van der Waals surface area contributed by atoms with Gasteiger partial charge in [-0.05, 0) is 23.8 Å². The van der Waals surface area contributed by atoms with Crippen LogP contribution in [0.5, 0.6) is 0 Å². The minimum atomic E-state index is -3.53. The van der Waals surface area contributed by atoms with E-state index in [-0.39, 0.29) is 4.91 Å². The molecule has 0 aliphatic heterocycles. The average Bonchev–Trinajstić information content (AvgIpc) is 2.53. The Balaban J connectivity index is 2.42. The first-order chi connectivity index (χ1) is 10.5. The molecule has 0 fully saturated rings. The van der Waals surface area contributed by atoms with E-state index in [0.29, 0.717) is 4.90 Å². The van der Waals surface area contributed by atoms with Crippen molar-refractivity contribution in [1.82, 2.24) is 4.90 Å². The van der Waals surface area contributed by atoms with E-state index in [4.69, 9.17) is 0 Å². The summed E-state index contributed by atoms with van der Waals surface area (Å²) in [4.78, 5) is 2.28. The predicted octanol–water partition coefficient (Wildman–Crippen LogP) is 3.58. The first kappa shape index (κ1) is 16.0. The van der Waals surface area contributed by atoms with E-state index < -0.39 is 9.84 Å². The SMILES string of the molecule is CN(C)C=C(C=Cc1ccccc1)S(=O)(=O)c1ccccc1. The van der Waals surface area contributed by atoms with Crippen molar-refractivity contribution in [3.63, 3.8) is 0 Å². The fraction of sp³-hybridized carbons (Fsp3) is 0.111. The van der Waals surface area contributed by atoms with Crippen LogP contribution in [0.25, 0.3) is 6.08 Å². The molecular weight excluding hydrogens is 294 g/mol. The maximum Gasteiger partial charge on any atom is 0.208 e. The van der Waals surface area contributed by atoms with Gasteiger partial charge in [-0.15, -0.1) is 0 Å². The van der Waals surface area contributed by atoms with Gasteiger partial charge in [-0.2, -0.15) is 0 Å². The second-order valence-corrected chi connectivity index (χ2v) is 7.01. The first-order valence-electron chi connectivity index (χ1n) is 6.91. The molecule has 114 valence electrons. The Morgan fingerprint density at radius 1 is 0.909 bits per heavy atom. The number of benzene rings is 2. The zero-order chi connectivity index (χ0) is 16.0. The fourth-order valence-electron chi connectivity index (χ4n) is 1.93. The Hall–Kier alpha value is -2.33. The average molecular weight is 313 g/mol. The quantitative estimate of drug-likeness (QED) is 0.792. The largest absolute Gasteiger partial charge is 0.382 e. The number of nitrogens with zero attached hydrogens (tertiary/aromatic N) is 1. The smallest absolute Gasteiger partial charge is 0.208 e. The molecular formula is C18H19NO2S. The monoisotopic (exact) mass is 313 g/mol. The van der Waals surface area contributed by atoms with E-state index in [1.54, 1.807) is 67.7 Å². The van der Waals surface area contributed by atoms with Crippen molar-refractivity contribution in [2.45, 2.75) is 4.90 Å². The fourth-order valence-corrected chi connectivity index (χ4v) is 3.32. The Morgan fingerprint density at radius 2 is 1.45 bits per heavy atom. The maximum atomic E-state index is 12.7. The molecule has 0 atom stereocenters. The van der Waals surface area contributed by atoms with Gasteiger partial charge in [0.05, 0.1) is 9.80 Å². The van der Waals surface area contributed by atoms with Crippen LogP contribution < -0.4 is 0 Å². The number of hydrogen-bond acceptors (Lipinski definition) is 3. The maximum absolute atomic E-state index is 12.7. The van der Waals surface area contributed by atoms with E-state index in [1.165, 1.54) is 0 Å². The van der Waals surface area contributed by atoms with Gasteiger partial charge in [0.1, 0.15) is 0 Å². The van der Waals surface area contributed by atoms with Crippen molar-refractivity contribution in [1.29, 1.82) is 0 Å². The third kappa shape index (κ3) is 4.09. The zero-order valence-corrected chi connectivity index (χ0v) is 13.5. The molecule has 0 aliphatic rings. The van der Waals surface area contributed by atoms with Gasteiger partial charge in [0.25, 0.3) is 0 Å². The van der Waals surface area contributed by atoms with Crippen LogP contribution in [0.4, 0.5) is 0 Å². The topological polar surface area (TPSA) is 37.4 Å². The molecule has 0 unspecified atom stereocenters. The van der Waals surface area contributed by atoms with Crippen LogP contribution in [-0.4, -0.2) is 27.4 Å². The van der Waals surface area contributed by atoms with Gasteiger partial charge in [-0.1, -0.05) is 54.6 Å². The molecule has 0 aliphatic carbocycles. The molecule has 0 saturated carbocycles. The van der Waals surface area contributed by atoms with Crippen LogP contribution >= 0.6 is 0 Å². The van der Waals surface area contributed by atoms with Crippen molar-refractivity contribution in [2.75, 3.05) is 14.1 Å². The van der Waals surface area contributed by atoms with Crippen molar-refractivity contribution in [3.05, 3.63) is 83.4 Å². The lowest BCUT2D eigenvalue weighted by molar-refractivity contribution is 0.559. The summed E-state index contributed by atoms with van der Waals surface area (Å²) in [6.07, 6.45) is 5.05. The Kier molecular flexibility index (Phi) is 5.17. The number of sulfone groups is 1. The minimum Gasteiger partial charge on any atom is -0.382 e. The number of hydrogen-bond donors (Lipinski definition) is 0. The molecule has 0 spiro atoms. The third-order valence-electron chi connectivity index (χ3n) is 2.99. The Labute approximate surface area is 132 Å². The van der Waals surface area contributed by atoms with Crippen LogP contribution in [0.15, 0.2) is 82.7 Å². The molecule has 3 nitrogen and oxygen atoms in total. The summed E-state index contributed by atoms with van der Waals surface area (Å²) < 4.78 is 25.5. The summed E-state index contributed by atoms with van der Waals surface area (Å²) >= 11 is 0. The summed E-state index contributed by atoms with van der Waals surface area (Å²) in [6, 6.07) is 18.1. The second-order valence-electron chi connectivity index (χ2n) is 5.06. The summed E-state index contributed by atoms with van der Waals surface area (Å²) in [6.45, 7) is 0. The lowest BCUT2D eigenvalue weighted by atomic mass is 10.2. The summed E-state index contributed by atoms with van der Waals surface area (Å²) in [5.41, 5.74) is 0.954. The highest BCUT2D eigenvalue weighted by atomic mass is 32.2. The van der Waals surface area contributed by atoms with Gasteiger partial charge in [-0.3, -0.25) is 0 Å². The summed E-state index contributed by atoms with van der Waals surface area (Å²) in [7, 11) is 0.0713. The summed E-state index contributed by atoms with van der Waals surface area (Å²) in [5, 5.41) is 0. The standard InChI is InChI=1S/C18H19NO2S/c1-19(2)15-18(14-13-16-9-5-3-6-10-16)22(20,21)17-11-7-4-8-12-17/h3-15H,1-2H3. The number of rotatable bonds is 5. The van der Waals surface area contributed by atoms with Crippen molar-refractivity contribution >= 4 is 15.9 Å². The van der Waals surface area contributed by atoms with E-state index in [1.807, 2.05) is 30.3 Å². The molecule has 0 heterocycles. The van der Waals surface area contributed by atoms with Crippen molar-refractivity contribution in [2.24, 2.45) is 0 Å². The normalized spacial score (nSPS) is 12.5. The van der Waals surface area contributed by atoms with Crippen LogP contribution in [0, 0.1) is 0 Å². The van der Waals surface area contributed by atoms with Gasteiger partial charge >= 0.3 is 0 Å². The molecule has 2 aromatic rings. The molecule has 2 aromatic carbocycles. The van der Waals surface area contributed by atoms with E-state index in [9.17, 15) is 8.42 Å². The summed E-state index contributed by atoms with van der Waals surface area (Å²) in [5.74, 6) is 0. The molecule has 0 amide bonds. The van der Waals surface area contributed by atoms with E-state index in [0.717, 1.165) is 5.56 Å². The molecule has 0 radical (unpaired) electrons. The van der Waals surface area contributed by atoms with Crippen molar-refractivity contribution < 1.29 is 8.42 Å². The predicted molar refractivity (Wildman–Crippen MR) is 90.9 cm³/mol. The Bertz CT molecular complexity index is 761. The molecule has 0 aromatic heterocycles. The molecule has 0 saturated heterocycles. The molecule has 2 rings (SSSR count). The van der Waals surface area contributed by atoms with Crippen molar-refractivity contribution in [3.8, 4) is 0 Å². The van der Waals surface area contributed by atoms with E-state index in [2.05, 4.69) is 0 Å². The van der Waals surface area contributed by atoms with Gasteiger partial charge in [0.15, 0.2) is 0 Å². The molecule has 22 heavy (non-hydrogen) atoms. The van der Waals surface area contributed by atoms with Crippen LogP contribution in [0.2, 0.25) is 0 Å². The van der Waals surface area contributed by atoms with Gasteiger partial charge in [0.2, 0.25) is 9.84 Å². The molecule has 0 N–H and O–H groups in total. The van der Waals surface area contributed by atoms with Gasteiger partial charge < -0.3 is 4.90 Å². The first-order valence-corrected chi connectivity index (χ1v) is 8.40. The zero-order valence-electron chi connectivity index (χ0n) is 12.7. The lowest BCUT2D eigenvalue weighted by Crippen LogP contribution is -2.09. The third-order valence-corrected chi connectivity index (χ3v) is 4.74. The highest BCUT2D eigenvalue weighted by Crippen LogP contribution is 2.21. The highest BCUT2D eigenvalue weighted by Gasteiger charge is 2.18. The lowest BCUT2D eigenvalue weighted by Gasteiger charge is -2.10. The van der Waals surface area contributed by atoms with Crippen LogP contribution in [0.3, 0.4) is 0 Å². The minimum absolute atomic E-state index is 0.257. The highest BCUT2D eigenvalue weighted by molar-refractivity contribution is 7.95. The van der Waals surface area contributed by atoms with E-state index >= 15 is 0 Å².